The molecule has 1 rings (SSSR count). The maximum Gasteiger partial charge on any atom is 0.234 e. The molecule has 0 aliphatic rings. The van der Waals surface area contributed by atoms with Crippen LogP contribution in [-0.4, -0.2) is 35.9 Å². The highest BCUT2D eigenvalue weighted by atomic mass is 32.1. The second-order valence-corrected chi connectivity index (χ2v) is 4.73. The van der Waals surface area contributed by atoms with Crippen molar-refractivity contribution >= 4 is 23.1 Å². The predicted octanol–water partition coefficient (Wildman–Crippen LogP) is 1.03. The first-order chi connectivity index (χ1) is 8.93. The Morgan fingerprint density at radius 1 is 1.53 bits per heavy atom. The lowest BCUT2D eigenvalue weighted by Gasteiger charge is -2.18. The lowest BCUT2D eigenvalue weighted by atomic mass is 10.1. The van der Waals surface area contributed by atoms with Crippen LogP contribution in [0, 0.1) is 5.82 Å². The van der Waals surface area contributed by atoms with Crippen molar-refractivity contribution in [3.05, 3.63) is 35.1 Å². The van der Waals surface area contributed by atoms with E-state index in [1.54, 1.807) is 6.07 Å². The van der Waals surface area contributed by atoms with Crippen molar-refractivity contribution in [1.29, 1.82) is 0 Å². The standard InChI is InChI=1S/C13H18FN3OS/c1-3-16-12(18)8-17(2)7-9-4-5-10(14)6-11(9)13(15)19/h4-6H,3,7-8H2,1-2H3,(H2,15,19)(H,16,18). The van der Waals surface area contributed by atoms with E-state index in [9.17, 15) is 9.18 Å². The van der Waals surface area contributed by atoms with Gasteiger partial charge in [0.25, 0.3) is 0 Å². The highest BCUT2D eigenvalue weighted by Gasteiger charge is 2.11. The summed E-state index contributed by atoms with van der Waals surface area (Å²) in [6.07, 6.45) is 0. The van der Waals surface area contributed by atoms with Crippen molar-refractivity contribution in [3.8, 4) is 0 Å². The zero-order chi connectivity index (χ0) is 14.4. The van der Waals surface area contributed by atoms with Crippen LogP contribution in [0.25, 0.3) is 0 Å². The van der Waals surface area contributed by atoms with E-state index in [0.717, 1.165) is 5.56 Å². The Morgan fingerprint density at radius 3 is 2.79 bits per heavy atom. The molecule has 0 aromatic heterocycles. The molecule has 6 heteroatoms. The first-order valence-corrected chi connectivity index (χ1v) is 6.38. The topological polar surface area (TPSA) is 58.4 Å². The van der Waals surface area contributed by atoms with Crippen LogP contribution >= 0.6 is 12.2 Å². The molecule has 0 atom stereocenters. The smallest absolute Gasteiger partial charge is 0.234 e. The molecule has 0 saturated heterocycles. The Bertz CT molecular complexity index is 479. The van der Waals surface area contributed by atoms with E-state index in [4.69, 9.17) is 18.0 Å². The van der Waals surface area contributed by atoms with E-state index in [2.05, 4.69) is 5.32 Å². The molecule has 0 radical (unpaired) electrons. The fourth-order valence-corrected chi connectivity index (χ4v) is 1.95. The van der Waals surface area contributed by atoms with Gasteiger partial charge in [-0.05, 0) is 31.7 Å². The highest BCUT2D eigenvalue weighted by Crippen LogP contribution is 2.13. The van der Waals surface area contributed by atoms with E-state index < -0.39 is 0 Å². The number of amides is 1. The van der Waals surface area contributed by atoms with E-state index in [0.29, 0.717) is 18.7 Å². The van der Waals surface area contributed by atoms with Crippen LogP contribution in [-0.2, 0) is 11.3 Å². The zero-order valence-electron chi connectivity index (χ0n) is 11.1. The maximum atomic E-state index is 13.2. The van der Waals surface area contributed by atoms with Crippen LogP contribution in [0.4, 0.5) is 4.39 Å². The number of hydrogen-bond donors (Lipinski definition) is 2. The summed E-state index contributed by atoms with van der Waals surface area (Å²) in [6, 6.07) is 4.31. The van der Waals surface area contributed by atoms with Gasteiger partial charge in [0.2, 0.25) is 5.91 Å². The van der Waals surface area contributed by atoms with E-state index in [1.807, 2.05) is 18.9 Å². The van der Waals surface area contributed by atoms with Crippen LogP contribution in [0.3, 0.4) is 0 Å². The highest BCUT2D eigenvalue weighted by molar-refractivity contribution is 7.80. The first kappa shape index (κ1) is 15.5. The van der Waals surface area contributed by atoms with Crippen molar-refractivity contribution in [3.63, 3.8) is 0 Å². The largest absolute Gasteiger partial charge is 0.389 e. The minimum absolute atomic E-state index is 0.0519. The zero-order valence-corrected chi connectivity index (χ0v) is 11.9. The lowest BCUT2D eigenvalue weighted by Crippen LogP contribution is -2.35. The molecule has 1 aromatic rings. The van der Waals surface area contributed by atoms with Crippen molar-refractivity contribution in [2.45, 2.75) is 13.5 Å². The molecule has 0 fully saturated rings. The second-order valence-electron chi connectivity index (χ2n) is 4.29. The van der Waals surface area contributed by atoms with Crippen molar-refractivity contribution in [2.75, 3.05) is 20.1 Å². The molecule has 104 valence electrons. The third-order valence-electron chi connectivity index (χ3n) is 2.57. The number of benzene rings is 1. The second kappa shape index (κ2) is 7.16. The summed E-state index contributed by atoms with van der Waals surface area (Å²) in [4.78, 5) is 13.4. The molecule has 0 aliphatic carbocycles. The van der Waals surface area contributed by atoms with Crippen molar-refractivity contribution in [2.24, 2.45) is 5.73 Å². The lowest BCUT2D eigenvalue weighted by molar-refractivity contribution is -0.121. The van der Waals surface area contributed by atoms with Gasteiger partial charge in [0.15, 0.2) is 0 Å². The maximum absolute atomic E-state index is 13.2. The molecule has 0 aliphatic heterocycles. The number of carbonyl (C=O) groups is 1. The third-order valence-corrected chi connectivity index (χ3v) is 2.79. The molecule has 1 aromatic carbocycles. The molecule has 4 nitrogen and oxygen atoms in total. The number of rotatable bonds is 6. The molecule has 0 bridgehead atoms. The van der Waals surface area contributed by atoms with Crippen LogP contribution < -0.4 is 11.1 Å². The number of thiocarbonyl (C=S) groups is 1. The number of carbonyl (C=O) groups excluding carboxylic acids is 1. The van der Waals surface area contributed by atoms with E-state index in [-0.39, 0.29) is 23.3 Å². The molecule has 0 spiro atoms. The van der Waals surface area contributed by atoms with Gasteiger partial charge in [-0.3, -0.25) is 9.69 Å². The summed E-state index contributed by atoms with van der Waals surface area (Å²) in [6.45, 7) is 3.20. The SMILES string of the molecule is CCNC(=O)CN(C)Cc1ccc(F)cc1C(N)=S. The summed E-state index contributed by atoms with van der Waals surface area (Å²) in [5.41, 5.74) is 6.89. The number of nitrogens with two attached hydrogens (primary N) is 1. The first-order valence-electron chi connectivity index (χ1n) is 5.97. The van der Waals surface area contributed by atoms with Crippen LogP contribution in [0.1, 0.15) is 18.1 Å². The van der Waals surface area contributed by atoms with Gasteiger partial charge in [-0.2, -0.15) is 0 Å². The number of likely N-dealkylation sites (N-methyl/N-ethyl adjacent to an activating group) is 2. The van der Waals surface area contributed by atoms with Crippen LogP contribution in [0.2, 0.25) is 0 Å². The fraction of sp³-hybridized carbons (Fsp3) is 0.385. The summed E-state index contributed by atoms with van der Waals surface area (Å²) in [5, 5.41) is 2.72. The van der Waals surface area contributed by atoms with E-state index in [1.165, 1.54) is 12.1 Å². The van der Waals surface area contributed by atoms with Gasteiger partial charge in [0.05, 0.1) is 6.54 Å². The van der Waals surface area contributed by atoms with Gasteiger partial charge in [0.1, 0.15) is 10.8 Å². The minimum atomic E-state index is -0.377. The molecule has 19 heavy (non-hydrogen) atoms. The Kier molecular flexibility index (Phi) is 5.85. The number of hydrogen-bond acceptors (Lipinski definition) is 3. The van der Waals surface area contributed by atoms with Gasteiger partial charge in [-0.25, -0.2) is 4.39 Å². The normalized spacial score (nSPS) is 10.5. The monoisotopic (exact) mass is 283 g/mol. The number of nitrogens with one attached hydrogen (secondary N) is 1. The molecular weight excluding hydrogens is 265 g/mol. The molecule has 1 amide bonds. The molecule has 0 saturated carbocycles. The average Bonchev–Trinajstić information content (AvgIpc) is 2.31. The van der Waals surface area contributed by atoms with Crippen LogP contribution in [0.15, 0.2) is 18.2 Å². The van der Waals surface area contributed by atoms with Gasteiger partial charge < -0.3 is 11.1 Å². The third kappa shape index (κ3) is 4.92. The summed E-state index contributed by atoms with van der Waals surface area (Å²) >= 11 is 4.90. The molecule has 3 N–H and O–H groups in total. The van der Waals surface area contributed by atoms with Gasteiger partial charge in [-0.1, -0.05) is 18.3 Å². The predicted molar refractivity (Wildman–Crippen MR) is 77.3 cm³/mol. The summed E-state index contributed by atoms with van der Waals surface area (Å²) in [7, 11) is 1.81. The number of halogens is 1. The quantitative estimate of drug-likeness (QED) is 0.766. The van der Waals surface area contributed by atoms with Gasteiger partial charge in [0, 0.05) is 18.7 Å². The van der Waals surface area contributed by atoms with Gasteiger partial charge >= 0.3 is 0 Å². The Balaban J connectivity index is 2.76. The fourth-order valence-electron chi connectivity index (χ4n) is 1.76. The van der Waals surface area contributed by atoms with Crippen LogP contribution in [0.5, 0.6) is 0 Å². The minimum Gasteiger partial charge on any atom is -0.389 e. The van der Waals surface area contributed by atoms with Crippen molar-refractivity contribution in [1.82, 2.24) is 10.2 Å². The molecule has 0 unspecified atom stereocenters. The summed E-state index contributed by atoms with van der Waals surface area (Å²) < 4.78 is 13.2. The van der Waals surface area contributed by atoms with Crippen molar-refractivity contribution < 1.29 is 9.18 Å². The van der Waals surface area contributed by atoms with Gasteiger partial charge in [-0.15, -0.1) is 0 Å². The Labute approximate surface area is 117 Å². The Hall–Kier alpha value is -1.53. The molecular formula is C13H18FN3OS. The molecule has 0 heterocycles. The number of nitrogens with zero attached hydrogens (tertiary/aromatic N) is 1. The average molecular weight is 283 g/mol. The Morgan fingerprint density at radius 2 is 2.21 bits per heavy atom. The van der Waals surface area contributed by atoms with E-state index >= 15 is 0 Å². The summed E-state index contributed by atoms with van der Waals surface area (Å²) in [5.74, 6) is -0.429.